The fourth-order valence-electron chi connectivity index (χ4n) is 3.78. The summed E-state index contributed by atoms with van der Waals surface area (Å²) < 4.78 is 0. The van der Waals surface area contributed by atoms with Crippen molar-refractivity contribution in [3.05, 3.63) is 66.2 Å². The third-order valence-electron chi connectivity index (χ3n) is 5.53. The second-order valence-electron chi connectivity index (χ2n) is 7.93. The molecule has 0 atom stereocenters. The molecule has 2 heterocycles. The number of urea groups is 1. The van der Waals surface area contributed by atoms with Crippen LogP contribution in [0.1, 0.15) is 38.2 Å². The number of nitrogens with zero attached hydrogens (tertiary/aromatic N) is 3. The first kappa shape index (κ1) is 20.8. The summed E-state index contributed by atoms with van der Waals surface area (Å²) >= 11 is 0. The summed E-state index contributed by atoms with van der Waals surface area (Å²) in [4.78, 5) is 14.7. The molecule has 1 fully saturated rings. The highest BCUT2D eigenvalue weighted by molar-refractivity contribution is 6.00. The molecule has 2 amide bonds. The van der Waals surface area contributed by atoms with E-state index in [9.17, 15) is 4.79 Å². The molecule has 0 aliphatic carbocycles. The summed E-state index contributed by atoms with van der Waals surface area (Å²) in [6.45, 7) is 4.28. The molecular formula is C25H29N5O. The predicted octanol–water partition coefficient (Wildman–Crippen LogP) is 5.73. The van der Waals surface area contributed by atoms with Crippen molar-refractivity contribution in [1.29, 1.82) is 0 Å². The van der Waals surface area contributed by atoms with Crippen molar-refractivity contribution in [3.8, 4) is 11.3 Å². The van der Waals surface area contributed by atoms with Gasteiger partial charge in [-0.2, -0.15) is 0 Å². The van der Waals surface area contributed by atoms with Crippen molar-refractivity contribution < 1.29 is 4.79 Å². The van der Waals surface area contributed by atoms with Gasteiger partial charge in [0, 0.05) is 30.0 Å². The van der Waals surface area contributed by atoms with Crippen LogP contribution in [0.4, 0.5) is 22.0 Å². The van der Waals surface area contributed by atoms with Crippen molar-refractivity contribution in [2.75, 3.05) is 28.6 Å². The van der Waals surface area contributed by atoms with Gasteiger partial charge in [-0.3, -0.25) is 0 Å². The molecule has 0 unspecified atom stereocenters. The molecule has 0 spiro atoms. The fraction of sp³-hybridized carbons (Fsp3) is 0.320. The smallest absolute Gasteiger partial charge is 0.323 e. The number of rotatable bonds is 7. The Balaban J connectivity index is 1.37. The average molecular weight is 416 g/mol. The number of nitrogens with one attached hydrogen (secondary N) is 2. The monoisotopic (exact) mass is 415 g/mol. The Bertz CT molecular complexity index is 995. The van der Waals surface area contributed by atoms with Gasteiger partial charge in [-0.25, -0.2) is 4.79 Å². The van der Waals surface area contributed by atoms with Crippen LogP contribution in [0, 0.1) is 0 Å². The fourth-order valence-corrected chi connectivity index (χ4v) is 3.78. The maximum Gasteiger partial charge on any atom is 0.323 e. The van der Waals surface area contributed by atoms with E-state index in [4.69, 9.17) is 0 Å². The van der Waals surface area contributed by atoms with Crippen LogP contribution in [0.2, 0.25) is 0 Å². The van der Waals surface area contributed by atoms with Crippen LogP contribution < -0.4 is 15.5 Å². The third kappa shape index (κ3) is 5.60. The molecule has 2 N–H and O–H groups in total. The van der Waals surface area contributed by atoms with Crippen LogP contribution in [0.15, 0.2) is 60.7 Å². The zero-order chi connectivity index (χ0) is 21.5. The molecule has 0 radical (unpaired) electrons. The van der Waals surface area contributed by atoms with Crippen LogP contribution in [0.3, 0.4) is 0 Å². The summed E-state index contributed by atoms with van der Waals surface area (Å²) in [5.41, 5.74) is 4.47. The standard InChI is InChI=1S/C25H29N5O/c1-2-3-7-19-10-12-21(13-11-19)26-25(31)27-22-9-6-8-20(18-22)23-14-15-24(29-28-23)30-16-4-5-17-30/h6,8-15,18H,2-5,7,16-17H2,1H3,(H2,26,27,31). The average Bonchev–Trinajstić information content (AvgIpc) is 3.34. The summed E-state index contributed by atoms with van der Waals surface area (Å²) in [7, 11) is 0. The maximum absolute atomic E-state index is 12.4. The van der Waals surface area contributed by atoms with Gasteiger partial charge in [-0.1, -0.05) is 37.6 Å². The molecule has 31 heavy (non-hydrogen) atoms. The topological polar surface area (TPSA) is 70.2 Å². The summed E-state index contributed by atoms with van der Waals surface area (Å²) in [5, 5.41) is 14.6. The highest BCUT2D eigenvalue weighted by atomic mass is 16.2. The van der Waals surface area contributed by atoms with Crippen molar-refractivity contribution in [1.82, 2.24) is 10.2 Å². The SMILES string of the molecule is CCCCc1ccc(NC(=O)Nc2cccc(-c3ccc(N4CCCC4)nn3)c2)cc1. The molecule has 0 saturated carbocycles. The van der Waals surface area contributed by atoms with Crippen molar-refractivity contribution >= 4 is 23.2 Å². The van der Waals surface area contributed by atoms with Crippen LogP contribution in [-0.2, 0) is 6.42 Å². The Morgan fingerprint density at radius 1 is 0.935 bits per heavy atom. The van der Waals surface area contributed by atoms with Crippen LogP contribution in [-0.4, -0.2) is 29.3 Å². The number of aryl methyl sites for hydroxylation is 1. The highest BCUT2D eigenvalue weighted by Gasteiger charge is 2.14. The minimum Gasteiger partial charge on any atom is -0.355 e. The van der Waals surface area contributed by atoms with Gasteiger partial charge in [0.05, 0.1) is 5.69 Å². The van der Waals surface area contributed by atoms with Gasteiger partial charge < -0.3 is 15.5 Å². The largest absolute Gasteiger partial charge is 0.355 e. The number of hydrogen-bond donors (Lipinski definition) is 2. The van der Waals surface area contributed by atoms with Gasteiger partial charge in [0.1, 0.15) is 0 Å². The van der Waals surface area contributed by atoms with E-state index in [0.29, 0.717) is 5.69 Å². The van der Waals surface area contributed by atoms with E-state index in [1.165, 1.54) is 31.2 Å². The van der Waals surface area contributed by atoms with E-state index in [0.717, 1.165) is 42.3 Å². The van der Waals surface area contributed by atoms with Gasteiger partial charge in [0.2, 0.25) is 0 Å². The molecular weight excluding hydrogens is 386 g/mol. The van der Waals surface area contributed by atoms with Crippen LogP contribution in [0.25, 0.3) is 11.3 Å². The van der Waals surface area contributed by atoms with Gasteiger partial charge in [-0.15, -0.1) is 10.2 Å². The number of carbonyl (C=O) groups is 1. The third-order valence-corrected chi connectivity index (χ3v) is 5.53. The van der Waals surface area contributed by atoms with Crippen LogP contribution >= 0.6 is 0 Å². The molecule has 1 aromatic heterocycles. The zero-order valence-corrected chi connectivity index (χ0v) is 18.0. The van der Waals surface area contributed by atoms with E-state index in [-0.39, 0.29) is 6.03 Å². The van der Waals surface area contributed by atoms with E-state index in [1.807, 2.05) is 48.5 Å². The lowest BCUT2D eigenvalue weighted by atomic mass is 10.1. The second kappa shape index (κ2) is 10.1. The number of aromatic nitrogens is 2. The van der Waals surface area contributed by atoms with E-state index in [2.05, 4.69) is 44.8 Å². The number of anilines is 3. The molecule has 4 rings (SSSR count). The van der Waals surface area contributed by atoms with Crippen molar-refractivity contribution in [3.63, 3.8) is 0 Å². The number of benzene rings is 2. The molecule has 1 aliphatic rings. The number of amides is 2. The lowest BCUT2D eigenvalue weighted by molar-refractivity contribution is 0.262. The van der Waals surface area contributed by atoms with E-state index in [1.54, 1.807) is 0 Å². The lowest BCUT2D eigenvalue weighted by Gasteiger charge is -2.15. The van der Waals surface area contributed by atoms with Gasteiger partial charge in [0.25, 0.3) is 0 Å². The van der Waals surface area contributed by atoms with E-state index < -0.39 is 0 Å². The van der Waals surface area contributed by atoms with Crippen LogP contribution in [0.5, 0.6) is 0 Å². The Kier molecular flexibility index (Phi) is 6.77. The quantitative estimate of drug-likeness (QED) is 0.517. The number of carbonyl (C=O) groups excluding carboxylic acids is 1. The summed E-state index contributed by atoms with van der Waals surface area (Å²) in [6, 6.07) is 19.4. The molecule has 6 heteroatoms. The Morgan fingerprint density at radius 2 is 1.71 bits per heavy atom. The Morgan fingerprint density at radius 3 is 2.42 bits per heavy atom. The van der Waals surface area contributed by atoms with Gasteiger partial charge >= 0.3 is 6.03 Å². The maximum atomic E-state index is 12.4. The first-order valence-electron chi connectivity index (χ1n) is 11.1. The first-order valence-corrected chi connectivity index (χ1v) is 11.1. The molecule has 3 aromatic rings. The Hall–Kier alpha value is -3.41. The van der Waals surface area contributed by atoms with E-state index >= 15 is 0 Å². The summed E-state index contributed by atoms with van der Waals surface area (Å²) in [5.74, 6) is 0.927. The highest BCUT2D eigenvalue weighted by Crippen LogP contribution is 2.23. The first-order chi connectivity index (χ1) is 15.2. The molecule has 160 valence electrons. The molecule has 0 bridgehead atoms. The molecule has 2 aromatic carbocycles. The number of unbranched alkanes of at least 4 members (excludes halogenated alkanes) is 1. The number of hydrogen-bond acceptors (Lipinski definition) is 4. The normalized spacial score (nSPS) is 13.3. The minimum atomic E-state index is -0.270. The van der Waals surface area contributed by atoms with Crippen molar-refractivity contribution in [2.24, 2.45) is 0 Å². The second-order valence-corrected chi connectivity index (χ2v) is 7.93. The molecule has 1 aliphatic heterocycles. The zero-order valence-electron chi connectivity index (χ0n) is 18.0. The lowest BCUT2D eigenvalue weighted by Crippen LogP contribution is -2.19. The van der Waals surface area contributed by atoms with Gasteiger partial charge in [-0.05, 0) is 67.6 Å². The van der Waals surface area contributed by atoms with Gasteiger partial charge in [0.15, 0.2) is 5.82 Å². The molecule has 1 saturated heterocycles. The summed E-state index contributed by atoms with van der Waals surface area (Å²) in [6.07, 6.45) is 5.84. The van der Waals surface area contributed by atoms with Crippen molar-refractivity contribution in [2.45, 2.75) is 39.0 Å². The Labute approximate surface area is 183 Å². The molecule has 6 nitrogen and oxygen atoms in total. The minimum absolute atomic E-state index is 0.270. The predicted molar refractivity (Wildman–Crippen MR) is 127 cm³/mol.